The lowest BCUT2D eigenvalue weighted by Crippen LogP contribution is -2.40. The number of esters is 1. The van der Waals surface area contributed by atoms with Crippen molar-refractivity contribution in [2.24, 2.45) is 0 Å². The van der Waals surface area contributed by atoms with Gasteiger partial charge in [0.15, 0.2) is 6.61 Å². The van der Waals surface area contributed by atoms with Crippen molar-refractivity contribution in [2.75, 3.05) is 43.1 Å². The summed E-state index contributed by atoms with van der Waals surface area (Å²) in [5.74, 6) is -1.37. The fourth-order valence-electron chi connectivity index (χ4n) is 2.98. The lowest BCUT2D eigenvalue weighted by atomic mass is 10.2. The Hall–Kier alpha value is -2.95. The fourth-order valence-corrected chi connectivity index (χ4v) is 4.20. The number of rotatable bonds is 8. The lowest BCUT2D eigenvalue weighted by molar-refractivity contribution is -0.148. The molecule has 0 radical (unpaired) electrons. The minimum absolute atomic E-state index is 0.0351. The van der Waals surface area contributed by atoms with E-state index < -0.39 is 34.5 Å². The monoisotopic (exact) mass is 447 g/mol. The number of sulfonamides is 1. The van der Waals surface area contributed by atoms with Crippen LogP contribution in [-0.4, -0.2) is 59.2 Å². The summed E-state index contributed by atoms with van der Waals surface area (Å²) in [5.41, 5.74) is 1.60. The van der Waals surface area contributed by atoms with E-state index in [1.807, 2.05) is 12.1 Å². The molecule has 1 atom stereocenters. The highest BCUT2D eigenvalue weighted by Crippen LogP contribution is 2.19. The van der Waals surface area contributed by atoms with Crippen molar-refractivity contribution in [2.45, 2.75) is 17.9 Å². The highest BCUT2D eigenvalue weighted by molar-refractivity contribution is 7.89. The zero-order valence-electron chi connectivity index (χ0n) is 17.1. The van der Waals surface area contributed by atoms with E-state index in [0.717, 1.165) is 18.8 Å². The van der Waals surface area contributed by atoms with Gasteiger partial charge in [0.05, 0.1) is 18.1 Å². The van der Waals surface area contributed by atoms with Crippen LogP contribution in [-0.2, 0) is 29.1 Å². The number of nitrogens with zero attached hydrogens (tertiary/aromatic N) is 1. The summed E-state index contributed by atoms with van der Waals surface area (Å²) >= 11 is 0. The molecule has 1 aliphatic rings. The third-order valence-corrected chi connectivity index (χ3v) is 6.17. The topological polar surface area (TPSA) is 114 Å². The Morgan fingerprint density at radius 1 is 1.06 bits per heavy atom. The van der Waals surface area contributed by atoms with Crippen LogP contribution in [0.5, 0.6) is 0 Å². The summed E-state index contributed by atoms with van der Waals surface area (Å²) in [6, 6.07) is 13.8. The molecule has 9 nitrogen and oxygen atoms in total. The van der Waals surface area contributed by atoms with Gasteiger partial charge in [0.25, 0.3) is 5.91 Å². The molecule has 10 heteroatoms. The number of nitrogens with one attached hydrogen (secondary N) is 2. The molecule has 2 N–H and O–H groups in total. The van der Waals surface area contributed by atoms with Crippen molar-refractivity contribution in [1.82, 2.24) is 4.72 Å². The third kappa shape index (κ3) is 6.51. The smallest absolute Gasteiger partial charge is 0.324 e. The summed E-state index contributed by atoms with van der Waals surface area (Å²) < 4.78 is 37.0. The molecule has 0 aromatic heterocycles. The van der Waals surface area contributed by atoms with E-state index in [-0.39, 0.29) is 4.90 Å². The van der Waals surface area contributed by atoms with Crippen LogP contribution in [0.25, 0.3) is 0 Å². The fraction of sp³-hybridized carbons (Fsp3) is 0.333. The molecule has 2 aromatic rings. The molecule has 1 amide bonds. The summed E-state index contributed by atoms with van der Waals surface area (Å²) in [6.07, 6.45) is 0. The number of morpholine rings is 1. The van der Waals surface area contributed by atoms with Crippen LogP contribution in [0.15, 0.2) is 59.5 Å². The standard InChI is InChI=1S/C21H25N3O6S/c1-16(23-31(27,28)19-5-3-2-4-6-19)21(26)30-15-20(25)22-17-7-9-18(10-8-17)24-11-13-29-14-12-24/h2-10,16,23H,11-15H2,1H3,(H,22,25)/t16-/m0/s1. The predicted molar refractivity (Wildman–Crippen MR) is 115 cm³/mol. The number of amides is 1. The van der Waals surface area contributed by atoms with Gasteiger partial charge in [-0.3, -0.25) is 9.59 Å². The van der Waals surface area contributed by atoms with Crippen molar-refractivity contribution in [3.63, 3.8) is 0 Å². The maximum Gasteiger partial charge on any atom is 0.324 e. The quantitative estimate of drug-likeness (QED) is 0.588. The van der Waals surface area contributed by atoms with Gasteiger partial charge in [-0.05, 0) is 43.3 Å². The van der Waals surface area contributed by atoms with Crippen LogP contribution >= 0.6 is 0 Å². The number of benzene rings is 2. The number of hydrogen-bond donors (Lipinski definition) is 2. The molecule has 1 fully saturated rings. The molecule has 31 heavy (non-hydrogen) atoms. The Morgan fingerprint density at radius 3 is 2.35 bits per heavy atom. The van der Waals surface area contributed by atoms with Crippen molar-refractivity contribution < 1.29 is 27.5 Å². The molecule has 0 unspecified atom stereocenters. The molecule has 1 heterocycles. The van der Waals surface area contributed by atoms with Gasteiger partial charge in [0.1, 0.15) is 6.04 Å². The Morgan fingerprint density at radius 2 is 1.71 bits per heavy atom. The Balaban J connectivity index is 1.46. The van der Waals surface area contributed by atoms with E-state index in [9.17, 15) is 18.0 Å². The van der Waals surface area contributed by atoms with E-state index in [1.54, 1.807) is 30.3 Å². The first kappa shape index (κ1) is 22.7. The van der Waals surface area contributed by atoms with Crippen LogP contribution in [0, 0.1) is 0 Å². The van der Waals surface area contributed by atoms with Crippen LogP contribution in [0.4, 0.5) is 11.4 Å². The molecule has 0 aliphatic carbocycles. The molecule has 0 saturated carbocycles. The van der Waals surface area contributed by atoms with Gasteiger partial charge in [-0.1, -0.05) is 18.2 Å². The zero-order chi connectivity index (χ0) is 22.3. The SMILES string of the molecule is C[C@H](NS(=O)(=O)c1ccccc1)C(=O)OCC(=O)Nc1ccc(N2CCOCC2)cc1. The summed E-state index contributed by atoms with van der Waals surface area (Å²) in [7, 11) is -3.87. The average molecular weight is 448 g/mol. The summed E-state index contributed by atoms with van der Waals surface area (Å²) in [6.45, 7) is 3.82. The Labute approximate surface area is 181 Å². The highest BCUT2D eigenvalue weighted by atomic mass is 32.2. The largest absolute Gasteiger partial charge is 0.454 e. The van der Waals surface area contributed by atoms with Gasteiger partial charge >= 0.3 is 5.97 Å². The Bertz CT molecular complexity index is 990. The molecule has 0 bridgehead atoms. The van der Waals surface area contributed by atoms with Gasteiger partial charge < -0.3 is 19.7 Å². The normalized spacial score (nSPS) is 15.2. The third-order valence-electron chi connectivity index (χ3n) is 4.61. The molecule has 166 valence electrons. The number of anilines is 2. The second-order valence-corrected chi connectivity index (χ2v) is 8.67. The van der Waals surface area contributed by atoms with E-state index in [4.69, 9.17) is 9.47 Å². The second kappa shape index (κ2) is 10.4. The van der Waals surface area contributed by atoms with E-state index in [0.29, 0.717) is 18.9 Å². The minimum Gasteiger partial charge on any atom is -0.454 e. The maximum atomic E-state index is 12.3. The number of ether oxygens (including phenoxy) is 2. The molecule has 3 rings (SSSR count). The van der Waals surface area contributed by atoms with Crippen LogP contribution < -0.4 is 14.9 Å². The first-order valence-corrected chi connectivity index (χ1v) is 11.3. The second-order valence-electron chi connectivity index (χ2n) is 6.96. The molecule has 2 aromatic carbocycles. The summed E-state index contributed by atoms with van der Waals surface area (Å²) in [5, 5.41) is 2.64. The molecular weight excluding hydrogens is 422 g/mol. The zero-order valence-corrected chi connectivity index (χ0v) is 17.9. The Kier molecular flexibility index (Phi) is 7.61. The van der Waals surface area contributed by atoms with E-state index in [2.05, 4.69) is 14.9 Å². The van der Waals surface area contributed by atoms with Crippen LogP contribution in [0.3, 0.4) is 0 Å². The van der Waals surface area contributed by atoms with Crippen LogP contribution in [0.1, 0.15) is 6.92 Å². The maximum absolute atomic E-state index is 12.3. The van der Waals surface area contributed by atoms with E-state index in [1.165, 1.54) is 19.1 Å². The minimum atomic E-state index is -3.87. The van der Waals surface area contributed by atoms with Crippen molar-refractivity contribution in [3.8, 4) is 0 Å². The van der Waals surface area contributed by atoms with Gasteiger partial charge in [-0.15, -0.1) is 0 Å². The number of carbonyl (C=O) groups is 2. The molecule has 0 spiro atoms. The van der Waals surface area contributed by atoms with Gasteiger partial charge in [0, 0.05) is 24.5 Å². The number of hydrogen-bond acceptors (Lipinski definition) is 7. The van der Waals surface area contributed by atoms with E-state index >= 15 is 0 Å². The van der Waals surface area contributed by atoms with Crippen molar-refractivity contribution in [3.05, 3.63) is 54.6 Å². The van der Waals surface area contributed by atoms with Crippen LogP contribution in [0.2, 0.25) is 0 Å². The average Bonchev–Trinajstić information content (AvgIpc) is 2.79. The van der Waals surface area contributed by atoms with Gasteiger partial charge in [-0.25, -0.2) is 8.42 Å². The lowest BCUT2D eigenvalue weighted by Gasteiger charge is -2.28. The van der Waals surface area contributed by atoms with Crippen molar-refractivity contribution in [1.29, 1.82) is 0 Å². The highest BCUT2D eigenvalue weighted by Gasteiger charge is 2.23. The first-order valence-electron chi connectivity index (χ1n) is 9.82. The molecule has 1 saturated heterocycles. The van der Waals surface area contributed by atoms with Crippen molar-refractivity contribution >= 4 is 33.3 Å². The molecular formula is C21H25N3O6S. The van der Waals surface area contributed by atoms with Gasteiger partial charge in [0.2, 0.25) is 10.0 Å². The van der Waals surface area contributed by atoms with Gasteiger partial charge in [-0.2, -0.15) is 4.72 Å². The predicted octanol–water partition coefficient (Wildman–Crippen LogP) is 1.37. The summed E-state index contributed by atoms with van der Waals surface area (Å²) in [4.78, 5) is 26.4. The molecule has 1 aliphatic heterocycles. The number of carbonyl (C=O) groups excluding carboxylic acids is 2. The first-order chi connectivity index (χ1) is 14.8.